The van der Waals surface area contributed by atoms with E-state index < -0.39 is 35.6 Å². The predicted octanol–water partition coefficient (Wildman–Crippen LogP) is 4.20. The molecule has 3 heterocycles. The molecule has 1 aliphatic rings. The van der Waals surface area contributed by atoms with E-state index in [1.54, 1.807) is 17.8 Å². The number of likely N-dealkylation sites (tertiary alicyclic amines) is 1. The van der Waals surface area contributed by atoms with E-state index in [9.17, 15) is 27.9 Å². The lowest BCUT2D eigenvalue weighted by atomic mass is 9.90. The molecule has 8 nitrogen and oxygen atoms in total. The van der Waals surface area contributed by atoms with Gasteiger partial charge in [0, 0.05) is 32.1 Å². The molecule has 0 unspecified atom stereocenters. The normalized spacial score (nSPS) is 16.3. The zero-order chi connectivity index (χ0) is 28.7. The highest BCUT2D eigenvalue weighted by Crippen LogP contribution is 2.38. The number of amides is 1. The van der Waals surface area contributed by atoms with Crippen LogP contribution in [0.25, 0.3) is 22.3 Å². The number of fused-ring (bicyclic) bond motifs is 1. The standard InChI is InChI=1S/C29H30F3N5O3/c1-19-8-10-21(11-9-19)26-24-25(34-35(26)2)27(39)37(18-33-24)17-28(40)12-14-36(15-13-28)23(38)16-22(29(30,31)32)20-6-4-3-5-7-20/h3-11,18,22,40H,12-17H2,1-2H3/t22-/m1/s1. The minimum atomic E-state index is -4.56. The molecule has 1 aliphatic heterocycles. The van der Waals surface area contributed by atoms with Crippen LogP contribution >= 0.6 is 0 Å². The Morgan fingerprint density at radius 3 is 2.33 bits per heavy atom. The van der Waals surface area contributed by atoms with Crippen molar-refractivity contribution in [2.24, 2.45) is 7.05 Å². The minimum Gasteiger partial charge on any atom is -0.388 e. The average Bonchev–Trinajstić information content (AvgIpc) is 3.26. The largest absolute Gasteiger partial charge is 0.396 e. The minimum absolute atomic E-state index is 0.0409. The van der Waals surface area contributed by atoms with Crippen LogP contribution in [0, 0.1) is 6.92 Å². The van der Waals surface area contributed by atoms with Crippen LogP contribution in [0.2, 0.25) is 0 Å². The number of hydrogen-bond donors (Lipinski definition) is 1. The number of rotatable bonds is 6. The molecule has 4 aromatic rings. The molecule has 0 saturated carbocycles. The maximum Gasteiger partial charge on any atom is 0.396 e. The van der Waals surface area contributed by atoms with Crippen LogP contribution in [0.15, 0.2) is 65.7 Å². The van der Waals surface area contributed by atoms with Crippen LogP contribution in [0.3, 0.4) is 0 Å². The summed E-state index contributed by atoms with van der Waals surface area (Å²) in [6, 6.07) is 15.2. The van der Waals surface area contributed by atoms with Gasteiger partial charge in [-0.05, 0) is 25.3 Å². The van der Waals surface area contributed by atoms with Crippen LogP contribution in [0.4, 0.5) is 13.2 Å². The summed E-state index contributed by atoms with van der Waals surface area (Å²) < 4.78 is 44.1. The fourth-order valence-corrected chi connectivity index (χ4v) is 5.30. The summed E-state index contributed by atoms with van der Waals surface area (Å²) in [5.74, 6) is -2.52. The second kappa shape index (κ2) is 10.5. The quantitative estimate of drug-likeness (QED) is 0.387. The van der Waals surface area contributed by atoms with Crippen molar-refractivity contribution in [2.75, 3.05) is 13.1 Å². The van der Waals surface area contributed by atoms with E-state index in [-0.39, 0.29) is 43.6 Å². The van der Waals surface area contributed by atoms with Gasteiger partial charge in [-0.3, -0.25) is 18.8 Å². The Morgan fingerprint density at radius 1 is 1.05 bits per heavy atom. The summed E-state index contributed by atoms with van der Waals surface area (Å²) in [5.41, 5.74) is 1.62. The van der Waals surface area contributed by atoms with E-state index in [2.05, 4.69) is 10.1 Å². The summed E-state index contributed by atoms with van der Waals surface area (Å²) in [6.45, 7) is 2.08. The van der Waals surface area contributed by atoms with Crippen molar-refractivity contribution in [1.29, 1.82) is 0 Å². The fourth-order valence-electron chi connectivity index (χ4n) is 5.30. The molecular formula is C29H30F3N5O3. The van der Waals surface area contributed by atoms with Gasteiger partial charge in [0.25, 0.3) is 5.56 Å². The lowest BCUT2D eigenvalue weighted by molar-refractivity contribution is -0.162. The molecule has 2 aromatic heterocycles. The van der Waals surface area contributed by atoms with Crippen molar-refractivity contribution >= 4 is 16.9 Å². The van der Waals surface area contributed by atoms with Gasteiger partial charge in [0.15, 0.2) is 5.52 Å². The van der Waals surface area contributed by atoms with Gasteiger partial charge < -0.3 is 10.0 Å². The molecule has 5 rings (SSSR count). The summed E-state index contributed by atoms with van der Waals surface area (Å²) >= 11 is 0. The Kier molecular flexibility index (Phi) is 7.26. The number of aliphatic hydroxyl groups is 1. The molecular weight excluding hydrogens is 523 g/mol. The third-order valence-corrected chi connectivity index (χ3v) is 7.62. The van der Waals surface area contributed by atoms with Gasteiger partial charge in [-0.1, -0.05) is 60.2 Å². The Labute approximate surface area is 228 Å². The van der Waals surface area contributed by atoms with E-state index in [0.717, 1.165) is 11.1 Å². The second-order valence-electron chi connectivity index (χ2n) is 10.5. The van der Waals surface area contributed by atoms with Gasteiger partial charge in [0.2, 0.25) is 5.91 Å². The van der Waals surface area contributed by atoms with E-state index in [4.69, 9.17) is 0 Å². The SMILES string of the molecule is Cc1ccc(-c2c3ncn(CC4(O)CCN(C(=O)C[C@H](c5ccccc5)C(F)(F)F)CC4)c(=O)c3nn2C)cc1. The van der Waals surface area contributed by atoms with E-state index in [1.165, 1.54) is 40.1 Å². The number of carbonyl (C=O) groups excluding carboxylic acids is 1. The molecule has 40 heavy (non-hydrogen) atoms. The number of hydrogen-bond acceptors (Lipinski definition) is 5. The van der Waals surface area contributed by atoms with Crippen LogP contribution in [-0.4, -0.2) is 60.1 Å². The Balaban J connectivity index is 1.29. The number of carbonyl (C=O) groups is 1. The fraction of sp³-hybridized carbons (Fsp3) is 0.379. The van der Waals surface area contributed by atoms with Crippen molar-refractivity contribution in [2.45, 2.75) is 50.4 Å². The zero-order valence-corrected chi connectivity index (χ0v) is 22.2. The van der Waals surface area contributed by atoms with Crippen molar-refractivity contribution in [3.05, 3.63) is 82.4 Å². The predicted molar refractivity (Wildman–Crippen MR) is 144 cm³/mol. The number of alkyl halides is 3. The van der Waals surface area contributed by atoms with E-state index >= 15 is 0 Å². The highest BCUT2D eigenvalue weighted by Gasteiger charge is 2.43. The van der Waals surface area contributed by atoms with Gasteiger partial charge >= 0.3 is 6.18 Å². The van der Waals surface area contributed by atoms with Crippen molar-refractivity contribution in [3.63, 3.8) is 0 Å². The molecule has 0 radical (unpaired) electrons. The van der Waals surface area contributed by atoms with Crippen LogP contribution in [0.5, 0.6) is 0 Å². The number of halogens is 3. The lowest BCUT2D eigenvalue weighted by Crippen LogP contribution is -2.50. The molecule has 210 valence electrons. The molecule has 0 spiro atoms. The Hall–Kier alpha value is -3.99. The van der Waals surface area contributed by atoms with E-state index in [0.29, 0.717) is 11.2 Å². The summed E-state index contributed by atoms with van der Waals surface area (Å²) in [7, 11) is 1.74. The Bertz CT molecular complexity index is 1570. The van der Waals surface area contributed by atoms with Crippen molar-refractivity contribution in [3.8, 4) is 11.3 Å². The van der Waals surface area contributed by atoms with Gasteiger partial charge in [0.05, 0.1) is 30.1 Å². The zero-order valence-electron chi connectivity index (χ0n) is 22.2. The van der Waals surface area contributed by atoms with Crippen molar-refractivity contribution in [1.82, 2.24) is 24.2 Å². The molecule has 1 atom stereocenters. The van der Waals surface area contributed by atoms with Crippen LogP contribution in [0.1, 0.15) is 36.3 Å². The van der Waals surface area contributed by atoms with Gasteiger partial charge in [-0.25, -0.2) is 4.98 Å². The molecule has 0 bridgehead atoms. The smallest absolute Gasteiger partial charge is 0.388 e. The number of piperidine rings is 1. The molecule has 11 heteroatoms. The van der Waals surface area contributed by atoms with E-state index in [1.807, 2.05) is 31.2 Å². The second-order valence-corrected chi connectivity index (χ2v) is 10.5. The Morgan fingerprint density at radius 2 is 1.70 bits per heavy atom. The monoisotopic (exact) mass is 553 g/mol. The number of nitrogens with zero attached hydrogens (tertiary/aromatic N) is 5. The van der Waals surface area contributed by atoms with Gasteiger partial charge in [0.1, 0.15) is 5.52 Å². The first kappa shape index (κ1) is 27.6. The maximum atomic E-state index is 13.7. The van der Waals surface area contributed by atoms with Gasteiger partial charge in [-0.15, -0.1) is 0 Å². The summed E-state index contributed by atoms with van der Waals surface area (Å²) in [6.07, 6.45) is -3.66. The molecule has 0 aliphatic carbocycles. The first-order valence-electron chi connectivity index (χ1n) is 13.1. The third kappa shape index (κ3) is 5.51. The molecule has 1 fully saturated rings. The molecule has 1 saturated heterocycles. The van der Waals surface area contributed by atoms with Crippen molar-refractivity contribution < 1.29 is 23.1 Å². The average molecular weight is 554 g/mol. The summed E-state index contributed by atoms with van der Waals surface area (Å²) in [5, 5.41) is 15.6. The lowest BCUT2D eigenvalue weighted by Gasteiger charge is -2.39. The maximum absolute atomic E-state index is 13.7. The highest BCUT2D eigenvalue weighted by atomic mass is 19.4. The highest BCUT2D eigenvalue weighted by molar-refractivity contribution is 5.89. The number of aromatic nitrogens is 4. The molecule has 1 N–H and O–H groups in total. The molecule has 2 aromatic carbocycles. The summed E-state index contributed by atoms with van der Waals surface area (Å²) in [4.78, 5) is 32.0. The first-order chi connectivity index (χ1) is 18.9. The van der Waals surface area contributed by atoms with Crippen LogP contribution < -0.4 is 5.56 Å². The topological polar surface area (TPSA) is 93.2 Å². The van der Waals surface area contributed by atoms with Crippen LogP contribution in [-0.2, 0) is 18.4 Å². The number of aryl methyl sites for hydroxylation is 2. The third-order valence-electron chi connectivity index (χ3n) is 7.62. The number of benzene rings is 2. The first-order valence-corrected chi connectivity index (χ1v) is 13.1. The van der Waals surface area contributed by atoms with Gasteiger partial charge in [-0.2, -0.15) is 18.3 Å². The molecule has 1 amide bonds.